The van der Waals surface area contributed by atoms with E-state index in [9.17, 15) is 18.0 Å². The largest absolute Gasteiger partial charge is 0.419 e. The summed E-state index contributed by atoms with van der Waals surface area (Å²) in [6.45, 7) is 0.364. The quantitative estimate of drug-likeness (QED) is 0.652. The second kappa shape index (κ2) is 7.99. The third kappa shape index (κ3) is 4.15. The van der Waals surface area contributed by atoms with Gasteiger partial charge in [-0.3, -0.25) is 9.36 Å². The second-order valence-corrected chi connectivity index (χ2v) is 8.60. The Balaban J connectivity index is 1.57. The van der Waals surface area contributed by atoms with Gasteiger partial charge in [-0.2, -0.15) is 0 Å². The standard InChI is InChI=1S/C19H21N3O5S/c1-21(2)28(25,26)15-11-9-14(10-12-15)20-18(23)8-5-13-22-16-6-3-4-7-17(16)27-19(22)24/h3-4,6-7,9-12H,5,8,13H2,1-2H3,(H,20,23). The molecule has 0 saturated heterocycles. The van der Waals surface area contributed by atoms with Crippen molar-refractivity contribution in [2.45, 2.75) is 24.3 Å². The monoisotopic (exact) mass is 403 g/mol. The van der Waals surface area contributed by atoms with E-state index in [1.807, 2.05) is 6.07 Å². The summed E-state index contributed by atoms with van der Waals surface area (Å²) in [4.78, 5) is 24.2. The first-order chi connectivity index (χ1) is 13.3. The maximum atomic E-state index is 12.1. The molecule has 148 valence electrons. The number of rotatable bonds is 7. The molecule has 0 bridgehead atoms. The summed E-state index contributed by atoms with van der Waals surface area (Å²) in [5.74, 6) is -0.664. The molecule has 0 unspecified atom stereocenters. The minimum Gasteiger partial charge on any atom is -0.408 e. The molecule has 1 N–H and O–H groups in total. The van der Waals surface area contributed by atoms with Gasteiger partial charge in [0.15, 0.2) is 5.58 Å². The highest BCUT2D eigenvalue weighted by molar-refractivity contribution is 7.89. The third-order valence-corrected chi connectivity index (χ3v) is 6.11. The van der Waals surface area contributed by atoms with Gasteiger partial charge in [-0.05, 0) is 42.8 Å². The summed E-state index contributed by atoms with van der Waals surface area (Å²) < 4.78 is 31.9. The van der Waals surface area contributed by atoms with Crippen LogP contribution in [-0.2, 0) is 21.4 Å². The van der Waals surface area contributed by atoms with Crippen molar-refractivity contribution in [1.82, 2.24) is 8.87 Å². The molecular weight excluding hydrogens is 382 g/mol. The van der Waals surface area contributed by atoms with Crippen molar-refractivity contribution in [3.05, 3.63) is 59.1 Å². The first-order valence-electron chi connectivity index (χ1n) is 8.70. The van der Waals surface area contributed by atoms with Crippen LogP contribution in [0.5, 0.6) is 0 Å². The Morgan fingerprint density at radius 2 is 1.79 bits per heavy atom. The summed E-state index contributed by atoms with van der Waals surface area (Å²) in [5, 5.41) is 2.72. The lowest BCUT2D eigenvalue weighted by atomic mass is 10.2. The van der Waals surface area contributed by atoms with Crippen molar-refractivity contribution < 1.29 is 17.6 Å². The van der Waals surface area contributed by atoms with E-state index in [0.29, 0.717) is 29.8 Å². The zero-order valence-electron chi connectivity index (χ0n) is 15.6. The van der Waals surface area contributed by atoms with E-state index in [-0.39, 0.29) is 17.2 Å². The van der Waals surface area contributed by atoms with Gasteiger partial charge in [-0.25, -0.2) is 17.5 Å². The fraction of sp³-hybridized carbons (Fsp3) is 0.263. The van der Waals surface area contributed by atoms with E-state index < -0.39 is 15.8 Å². The summed E-state index contributed by atoms with van der Waals surface area (Å²) in [6.07, 6.45) is 0.673. The van der Waals surface area contributed by atoms with E-state index in [1.165, 1.54) is 30.8 Å². The van der Waals surface area contributed by atoms with E-state index in [1.54, 1.807) is 30.3 Å². The van der Waals surface area contributed by atoms with Crippen LogP contribution in [0.1, 0.15) is 12.8 Å². The number of nitrogens with one attached hydrogen (secondary N) is 1. The molecule has 1 amide bonds. The summed E-state index contributed by atoms with van der Waals surface area (Å²) in [5.41, 5.74) is 1.73. The molecule has 3 aromatic rings. The molecule has 0 spiro atoms. The molecule has 0 fully saturated rings. The number of anilines is 1. The predicted molar refractivity (Wildman–Crippen MR) is 106 cm³/mol. The number of aryl methyl sites for hydroxylation is 1. The first-order valence-corrected chi connectivity index (χ1v) is 10.1. The highest BCUT2D eigenvalue weighted by Gasteiger charge is 2.16. The van der Waals surface area contributed by atoms with Crippen LogP contribution in [0.25, 0.3) is 11.1 Å². The molecule has 9 heteroatoms. The Morgan fingerprint density at radius 3 is 2.46 bits per heavy atom. The molecule has 0 saturated carbocycles. The average molecular weight is 403 g/mol. The smallest absolute Gasteiger partial charge is 0.408 e. The molecule has 1 heterocycles. The minimum atomic E-state index is -3.50. The Labute approximate surface area is 162 Å². The summed E-state index contributed by atoms with van der Waals surface area (Å²) in [7, 11) is -0.588. The summed E-state index contributed by atoms with van der Waals surface area (Å²) in [6, 6.07) is 13.1. The third-order valence-electron chi connectivity index (χ3n) is 4.28. The van der Waals surface area contributed by atoms with Crippen molar-refractivity contribution in [2.75, 3.05) is 19.4 Å². The number of hydrogen-bond donors (Lipinski definition) is 1. The van der Waals surface area contributed by atoms with Crippen molar-refractivity contribution >= 4 is 32.7 Å². The number of oxazole rings is 1. The number of benzene rings is 2. The topological polar surface area (TPSA) is 102 Å². The van der Waals surface area contributed by atoms with Gasteiger partial charge in [0, 0.05) is 32.7 Å². The zero-order valence-corrected chi connectivity index (χ0v) is 16.4. The lowest BCUT2D eigenvalue weighted by Gasteiger charge is -2.12. The van der Waals surface area contributed by atoms with Crippen molar-refractivity contribution in [3.8, 4) is 0 Å². The summed E-state index contributed by atoms with van der Waals surface area (Å²) >= 11 is 0. The molecular formula is C19H21N3O5S. The molecule has 0 aliphatic heterocycles. The van der Waals surface area contributed by atoms with Crippen LogP contribution in [-0.4, -0.2) is 37.3 Å². The number of amides is 1. The van der Waals surface area contributed by atoms with E-state index in [4.69, 9.17) is 4.42 Å². The number of nitrogens with zero attached hydrogens (tertiary/aromatic N) is 2. The molecule has 3 rings (SSSR count). The molecule has 2 aromatic carbocycles. The van der Waals surface area contributed by atoms with E-state index >= 15 is 0 Å². The molecule has 0 atom stereocenters. The minimum absolute atomic E-state index is 0.154. The molecule has 28 heavy (non-hydrogen) atoms. The Morgan fingerprint density at radius 1 is 1.11 bits per heavy atom. The van der Waals surface area contributed by atoms with Crippen LogP contribution in [0.3, 0.4) is 0 Å². The lowest BCUT2D eigenvalue weighted by Crippen LogP contribution is -2.22. The molecule has 0 aliphatic rings. The normalized spacial score (nSPS) is 11.8. The maximum Gasteiger partial charge on any atom is 0.419 e. The lowest BCUT2D eigenvalue weighted by molar-refractivity contribution is -0.116. The number of aromatic nitrogens is 1. The second-order valence-electron chi connectivity index (χ2n) is 6.45. The fourth-order valence-electron chi connectivity index (χ4n) is 2.77. The SMILES string of the molecule is CN(C)S(=O)(=O)c1ccc(NC(=O)CCCn2c(=O)oc3ccccc32)cc1. The van der Waals surface area contributed by atoms with Gasteiger partial charge >= 0.3 is 5.76 Å². The van der Waals surface area contributed by atoms with Crippen LogP contribution in [0.2, 0.25) is 0 Å². The van der Waals surface area contributed by atoms with Gasteiger partial charge in [0.2, 0.25) is 15.9 Å². The Bertz CT molecular complexity index is 1140. The number of carbonyl (C=O) groups excluding carboxylic acids is 1. The molecule has 0 aliphatic carbocycles. The van der Waals surface area contributed by atoms with Crippen LogP contribution in [0.15, 0.2) is 62.6 Å². The van der Waals surface area contributed by atoms with Gasteiger partial charge in [0.05, 0.1) is 10.4 Å². The number of carbonyl (C=O) groups is 1. The predicted octanol–water partition coefficient (Wildman–Crippen LogP) is 2.26. The highest BCUT2D eigenvalue weighted by Crippen LogP contribution is 2.17. The van der Waals surface area contributed by atoms with Gasteiger partial charge in [-0.1, -0.05) is 12.1 Å². The fourth-order valence-corrected chi connectivity index (χ4v) is 3.67. The number of sulfonamides is 1. The average Bonchev–Trinajstić information content (AvgIpc) is 2.97. The van der Waals surface area contributed by atoms with Crippen LogP contribution < -0.4 is 11.1 Å². The molecule has 0 radical (unpaired) electrons. The highest BCUT2D eigenvalue weighted by atomic mass is 32.2. The number of fused-ring (bicyclic) bond motifs is 1. The Kier molecular flexibility index (Phi) is 5.66. The van der Waals surface area contributed by atoms with Crippen molar-refractivity contribution in [2.24, 2.45) is 0 Å². The molecule has 8 nitrogen and oxygen atoms in total. The zero-order chi connectivity index (χ0) is 20.3. The maximum absolute atomic E-state index is 12.1. The number of para-hydroxylation sites is 2. The van der Waals surface area contributed by atoms with Gasteiger partial charge < -0.3 is 9.73 Å². The van der Waals surface area contributed by atoms with Crippen molar-refractivity contribution in [3.63, 3.8) is 0 Å². The van der Waals surface area contributed by atoms with E-state index in [2.05, 4.69) is 5.32 Å². The van der Waals surface area contributed by atoms with Crippen LogP contribution in [0.4, 0.5) is 5.69 Å². The van der Waals surface area contributed by atoms with Gasteiger partial charge in [0.1, 0.15) is 0 Å². The molecule has 1 aromatic heterocycles. The first kappa shape index (κ1) is 19.8. The number of hydrogen-bond acceptors (Lipinski definition) is 5. The van der Waals surface area contributed by atoms with Gasteiger partial charge in [-0.15, -0.1) is 0 Å². The van der Waals surface area contributed by atoms with Crippen LogP contribution >= 0.6 is 0 Å². The van der Waals surface area contributed by atoms with Crippen molar-refractivity contribution in [1.29, 1.82) is 0 Å². The van der Waals surface area contributed by atoms with E-state index in [0.717, 1.165) is 4.31 Å². The Hall–Kier alpha value is -2.91. The van der Waals surface area contributed by atoms with Gasteiger partial charge in [0.25, 0.3) is 0 Å². The van der Waals surface area contributed by atoms with Crippen LogP contribution in [0, 0.1) is 0 Å².